The Kier molecular flexibility index (Phi) is 4.87. The lowest BCUT2D eigenvalue weighted by Crippen LogP contribution is -2.44. The number of amides is 2. The Morgan fingerprint density at radius 3 is 2.43 bits per heavy atom. The molecule has 0 saturated carbocycles. The van der Waals surface area contributed by atoms with E-state index in [1.807, 2.05) is 24.3 Å². The molecule has 184 valence electrons. The number of hydrogen-bond acceptors (Lipinski definition) is 7. The number of Topliss-reactive ketones (excluding diaryl/α,β-unsaturated/α-hetero) is 1. The molecule has 7 rings (SSSR count). The number of imide groups is 1. The van der Waals surface area contributed by atoms with Crippen molar-refractivity contribution >= 4 is 41.1 Å². The van der Waals surface area contributed by atoms with E-state index in [9.17, 15) is 14.4 Å². The van der Waals surface area contributed by atoms with Crippen LogP contribution in [0.25, 0.3) is 0 Å². The lowest BCUT2D eigenvalue weighted by molar-refractivity contribution is -0.124. The molecule has 3 aromatic carbocycles. The third-order valence-electron chi connectivity index (χ3n) is 7.47. The molecule has 0 N–H and O–H groups in total. The molecule has 0 aliphatic carbocycles. The first-order valence-electron chi connectivity index (χ1n) is 12.0. The van der Waals surface area contributed by atoms with Gasteiger partial charge in [-0.1, -0.05) is 35.9 Å². The third-order valence-corrected chi connectivity index (χ3v) is 7.73. The number of fused-ring (bicyclic) bond motifs is 6. The van der Waals surface area contributed by atoms with Crippen LogP contribution in [0.1, 0.15) is 27.5 Å². The van der Waals surface area contributed by atoms with Gasteiger partial charge in [0.2, 0.25) is 11.8 Å². The fraction of sp³-hybridized carbons (Fsp3) is 0.214. The molecule has 2 fully saturated rings. The van der Waals surface area contributed by atoms with Crippen molar-refractivity contribution in [2.45, 2.75) is 12.1 Å². The number of carbonyl (C=O) groups is 3. The van der Waals surface area contributed by atoms with Crippen LogP contribution in [0, 0.1) is 11.8 Å². The van der Waals surface area contributed by atoms with E-state index in [-0.39, 0.29) is 11.7 Å². The number of nitrogens with zero attached hydrogens (tertiary/aromatic N) is 3. The zero-order valence-electron chi connectivity index (χ0n) is 19.4. The zero-order chi connectivity index (χ0) is 25.3. The lowest BCUT2D eigenvalue weighted by Gasteiger charge is -2.33. The molecule has 8 nitrogen and oxygen atoms in total. The lowest BCUT2D eigenvalue weighted by atomic mass is 9.83. The number of anilines is 1. The van der Waals surface area contributed by atoms with Gasteiger partial charge in [0.1, 0.15) is 19.3 Å². The van der Waals surface area contributed by atoms with Gasteiger partial charge in [0.05, 0.1) is 29.8 Å². The standard InChI is InChI=1S/C28H20ClN3O5/c29-17-7-5-15(6-8-17)26(33)25-23-22(24-19-4-2-1-3-16(19)14-30-32(24)25)27(34)31(28(23)35)18-9-10-20-21(13-18)37-12-11-36-20/h1-10,13-14,22-25H,11-12H2/t22-,23-,24+,25+/m0/s1. The summed E-state index contributed by atoms with van der Waals surface area (Å²) in [6.45, 7) is 0.817. The Morgan fingerprint density at radius 1 is 0.892 bits per heavy atom. The zero-order valence-corrected chi connectivity index (χ0v) is 20.2. The predicted molar refractivity (Wildman–Crippen MR) is 135 cm³/mol. The van der Waals surface area contributed by atoms with E-state index in [1.165, 1.54) is 4.90 Å². The van der Waals surface area contributed by atoms with Crippen molar-refractivity contribution in [1.82, 2.24) is 5.01 Å². The molecule has 0 bridgehead atoms. The first-order chi connectivity index (χ1) is 18.0. The summed E-state index contributed by atoms with van der Waals surface area (Å²) in [6.07, 6.45) is 1.68. The third kappa shape index (κ3) is 3.22. The second kappa shape index (κ2) is 8.18. The monoisotopic (exact) mass is 513 g/mol. The largest absolute Gasteiger partial charge is 0.486 e. The fourth-order valence-corrected chi connectivity index (χ4v) is 6.00. The van der Waals surface area contributed by atoms with Gasteiger partial charge in [0.15, 0.2) is 17.3 Å². The quantitative estimate of drug-likeness (QED) is 0.390. The summed E-state index contributed by atoms with van der Waals surface area (Å²) < 4.78 is 11.3. The fourth-order valence-electron chi connectivity index (χ4n) is 5.88. The van der Waals surface area contributed by atoms with Crippen molar-refractivity contribution in [2.24, 2.45) is 16.9 Å². The minimum atomic E-state index is -0.945. The van der Waals surface area contributed by atoms with Crippen LogP contribution in [-0.4, -0.2) is 48.1 Å². The summed E-state index contributed by atoms with van der Waals surface area (Å²) in [6, 6.07) is 17.7. The van der Waals surface area contributed by atoms with Crippen molar-refractivity contribution in [3.05, 3.63) is 88.4 Å². The number of rotatable bonds is 3. The van der Waals surface area contributed by atoms with E-state index in [0.29, 0.717) is 41.0 Å². The first-order valence-corrected chi connectivity index (χ1v) is 12.4. The topological polar surface area (TPSA) is 88.5 Å². The predicted octanol–water partition coefficient (Wildman–Crippen LogP) is 3.87. The molecule has 2 saturated heterocycles. The molecular weight excluding hydrogens is 494 g/mol. The highest BCUT2D eigenvalue weighted by molar-refractivity contribution is 6.30. The molecule has 37 heavy (non-hydrogen) atoms. The van der Waals surface area contributed by atoms with Gasteiger partial charge in [-0.25, -0.2) is 4.90 Å². The second-order valence-corrected chi connectivity index (χ2v) is 9.84. The first kappa shape index (κ1) is 22.1. The van der Waals surface area contributed by atoms with Gasteiger partial charge in [-0.3, -0.25) is 19.4 Å². The number of hydrazone groups is 1. The molecular formula is C28H20ClN3O5. The van der Waals surface area contributed by atoms with E-state index < -0.39 is 29.8 Å². The Labute approximate surface area is 217 Å². The van der Waals surface area contributed by atoms with Crippen LogP contribution in [0.15, 0.2) is 71.8 Å². The SMILES string of the molecule is O=C(c1ccc(Cl)cc1)[C@H]1[C@H]2C(=O)N(c3ccc4c(c3)OCCO4)C(=O)[C@@H]2[C@H]2c3ccccc3C=NN21. The summed E-state index contributed by atoms with van der Waals surface area (Å²) in [7, 11) is 0. The van der Waals surface area contributed by atoms with Crippen LogP contribution in [-0.2, 0) is 9.59 Å². The van der Waals surface area contributed by atoms with Crippen LogP contribution in [0.3, 0.4) is 0 Å². The van der Waals surface area contributed by atoms with Gasteiger partial charge in [0, 0.05) is 16.7 Å². The molecule has 4 atom stereocenters. The van der Waals surface area contributed by atoms with E-state index in [4.69, 9.17) is 21.1 Å². The molecule has 0 radical (unpaired) electrons. The van der Waals surface area contributed by atoms with Crippen molar-refractivity contribution in [3.63, 3.8) is 0 Å². The van der Waals surface area contributed by atoms with E-state index in [1.54, 1.807) is 53.7 Å². The van der Waals surface area contributed by atoms with E-state index in [0.717, 1.165) is 11.1 Å². The molecule has 0 unspecified atom stereocenters. The summed E-state index contributed by atoms with van der Waals surface area (Å²) in [5.41, 5.74) is 2.52. The van der Waals surface area contributed by atoms with Crippen LogP contribution in [0.4, 0.5) is 5.69 Å². The van der Waals surface area contributed by atoms with Crippen LogP contribution >= 0.6 is 11.6 Å². The Bertz CT molecular complexity index is 1500. The highest BCUT2D eigenvalue weighted by Gasteiger charge is 2.65. The molecule has 4 aliphatic rings. The van der Waals surface area contributed by atoms with Gasteiger partial charge in [0.25, 0.3) is 0 Å². The summed E-state index contributed by atoms with van der Waals surface area (Å²) in [5, 5.41) is 6.73. The molecule has 9 heteroatoms. The van der Waals surface area contributed by atoms with Crippen LogP contribution in [0.5, 0.6) is 11.5 Å². The normalized spacial score (nSPS) is 25.1. The average Bonchev–Trinajstić information content (AvgIpc) is 3.40. The maximum Gasteiger partial charge on any atom is 0.240 e. The Morgan fingerprint density at radius 2 is 1.62 bits per heavy atom. The Balaban J connectivity index is 1.35. The average molecular weight is 514 g/mol. The minimum Gasteiger partial charge on any atom is -0.486 e. The smallest absolute Gasteiger partial charge is 0.240 e. The number of ether oxygens (including phenoxy) is 2. The number of hydrogen-bond donors (Lipinski definition) is 0. The molecule has 4 heterocycles. The highest BCUT2D eigenvalue weighted by atomic mass is 35.5. The number of halogens is 1. The summed E-state index contributed by atoms with van der Waals surface area (Å²) in [5.74, 6) is -1.72. The summed E-state index contributed by atoms with van der Waals surface area (Å²) >= 11 is 6.04. The van der Waals surface area contributed by atoms with Gasteiger partial charge < -0.3 is 9.47 Å². The van der Waals surface area contributed by atoms with Gasteiger partial charge in [-0.2, -0.15) is 5.10 Å². The molecule has 2 amide bonds. The van der Waals surface area contributed by atoms with Crippen molar-refractivity contribution in [2.75, 3.05) is 18.1 Å². The van der Waals surface area contributed by atoms with Gasteiger partial charge >= 0.3 is 0 Å². The Hall–Kier alpha value is -4.17. The van der Waals surface area contributed by atoms with Gasteiger partial charge in [-0.15, -0.1) is 0 Å². The number of carbonyl (C=O) groups excluding carboxylic acids is 3. The van der Waals surface area contributed by atoms with Crippen LogP contribution < -0.4 is 14.4 Å². The molecule has 0 aromatic heterocycles. The molecule has 0 spiro atoms. The highest BCUT2D eigenvalue weighted by Crippen LogP contribution is 2.53. The molecule has 4 aliphatic heterocycles. The van der Waals surface area contributed by atoms with Crippen molar-refractivity contribution in [1.29, 1.82) is 0 Å². The van der Waals surface area contributed by atoms with E-state index >= 15 is 0 Å². The number of ketones is 1. The summed E-state index contributed by atoms with van der Waals surface area (Å²) in [4.78, 5) is 43.1. The van der Waals surface area contributed by atoms with Crippen LogP contribution in [0.2, 0.25) is 5.02 Å². The van der Waals surface area contributed by atoms with Crippen molar-refractivity contribution in [3.8, 4) is 11.5 Å². The maximum atomic E-state index is 14.0. The number of benzene rings is 3. The molecule has 3 aromatic rings. The van der Waals surface area contributed by atoms with E-state index in [2.05, 4.69) is 5.10 Å². The maximum absolute atomic E-state index is 14.0. The second-order valence-electron chi connectivity index (χ2n) is 9.41. The van der Waals surface area contributed by atoms with Gasteiger partial charge in [-0.05, 0) is 47.5 Å². The van der Waals surface area contributed by atoms with Crippen molar-refractivity contribution < 1.29 is 23.9 Å². The minimum absolute atomic E-state index is 0.282.